The minimum Gasteiger partial charge on any atom is -0.481 e. The minimum atomic E-state index is -0.672. The highest BCUT2D eigenvalue weighted by molar-refractivity contribution is 5.98. The molecule has 1 saturated carbocycles. The molecule has 0 radical (unpaired) electrons. The lowest BCUT2D eigenvalue weighted by molar-refractivity contribution is 0.0991. The van der Waals surface area contributed by atoms with Crippen molar-refractivity contribution in [2.45, 2.75) is 32.2 Å². The van der Waals surface area contributed by atoms with Crippen molar-refractivity contribution in [3.8, 4) is 28.5 Å². The summed E-state index contributed by atoms with van der Waals surface area (Å²) in [5, 5.41) is 0. The van der Waals surface area contributed by atoms with Crippen molar-refractivity contribution in [2.75, 3.05) is 7.11 Å². The lowest BCUT2D eigenvalue weighted by Crippen LogP contribution is -2.23. The molecule has 3 aromatic heterocycles. The third kappa shape index (κ3) is 5.18. The molecule has 206 valence electrons. The molecule has 1 fully saturated rings. The zero-order valence-electron chi connectivity index (χ0n) is 22.4. The maximum atomic E-state index is 15.2. The fourth-order valence-electron chi connectivity index (χ4n) is 4.93. The van der Waals surface area contributed by atoms with Crippen LogP contribution in [0, 0.1) is 18.6 Å². The number of aromatic nitrogens is 3. The van der Waals surface area contributed by atoms with E-state index in [-0.39, 0.29) is 23.8 Å². The number of Topliss-reactive ketones (excluding diaryl/α,β-unsaturated/α-hetero) is 1. The molecule has 0 aliphatic heterocycles. The molecule has 1 aliphatic rings. The lowest BCUT2D eigenvalue weighted by Gasteiger charge is -2.16. The van der Waals surface area contributed by atoms with Gasteiger partial charge in [-0.05, 0) is 61.2 Å². The van der Waals surface area contributed by atoms with Gasteiger partial charge in [0, 0.05) is 48.2 Å². The Hall–Kier alpha value is -4.92. The molecule has 2 aromatic carbocycles. The molecular formula is C32H25F2N3O4. The van der Waals surface area contributed by atoms with Crippen LogP contribution >= 0.6 is 0 Å². The molecule has 9 heteroatoms. The maximum absolute atomic E-state index is 15.2. The molecule has 7 nitrogen and oxygen atoms in total. The molecule has 1 aliphatic carbocycles. The minimum absolute atomic E-state index is 0.0193. The number of carbonyl (C=O) groups excluding carboxylic acids is 1. The average Bonchev–Trinajstić information content (AvgIpc) is 3.81. The quantitative estimate of drug-likeness (QED) is 0.201. The Labute approximate surface area is 234 Å². The largest absolute Gasteiger partial charge is 0.481 e. The van der Waals surface area contributed by atoms with Gasteiger partial charge in [0.1, 0.15) is 11.3 Å². The summed E-state index contributed by atoms with van der Waals surface area (Å²) in [6.07, 6.45) is 4.85. The summed E-state index contributed by atoms with van der Waals surface area (Å²) in [7, 11) is 1.49. The summed E-state index contributed by atoms with van der Waals surface area (Å²) in [4.78, 5) is 35.6. The van der Waals surface area contributed by atoms with Crippen LogP contribution in [0.15, 0.2) is 77.9 Å². The number of benzene rings is 2. The van der Waals surface area contributed by atoms with Gasteiger partial charge in [-0.15, -0.1) is 0 Å². The number of hydrogen-bond acceptors (Lipinski definition) is 6. The summed E-state index contributed by atoms with van der Waals surface area (Å²) in [6, 6.07) is 15.1. The van der Waals surface area contributed by atoms with Crippen molar-refractivity contribution in [2.24, 2.45) is 0 Å². The highest BCUT2D eigenvalue weighted by Gasteiger charge is 2.28. The van der Waals surface area contributed by atoms with Crippen molar-refractivity contribution >= 4 is 16.8 Å². The van der Waals surface area contributed by atoms with Crippen LogP contribution in [-0.4, -0.2) is 27.4 Å². The van der Waals surface area contributed by atoms with E-state index in [1.165, 1.54) is 49.7 Å². The third-order valence-corrected chi connectivity index (χ3v) is 7.17. The van der Waals surface area contributed by atoms with E-state index in [2.05, 4.69) is 9.97 Å². The number of ketones is 1. The maximum Gasteiger partial charge on any atom is 0.213 e. The Kier molecular flexibility index (Phi) is 6.78. The molecule has 3 heterocycles. The van der Waals surface area contributed by atoms with Gasteiger partial charge in [-0.2, -0.15) is 0 Å². The highest BCUT2D eigenvalue weighted by Crippen LogP contribution is 2.37. The molecule has 0 N–H and O–H groups in total. The molecule has 0 atom stereocenters. The molecule has 0 amide bonds. The summed E-state index contributed by atoms with van der Waals surface area (Å²) in [5.41, 5.74) is 2.59. The number of ether oxygens (including phenoxy) is 2. The normalized spacial score (nSPS) is 12.9. The van der Waals surface area contributed by atoms with Gasteiger partial charge in [0.25, 0.3) is 0 Å². The zero-order valence-corrected chi connectivity index (χ0v) is 22.4. The molecule has 0 saturated heterocycles. The standard InChI is InChI=1S/C32H25F2N3O4/c1-18-30(20-4-6-21(33)7-5-20)32(39)23(17-37(18)22-8-9-22)26(38)16-19-3-11-27(24(34)15-19)41-28-13-14-35-25-10-12-29(40-2)36-31(25)28/h3-7,10-15,17,22H,8-9,16H2,1-2H3. The predicted octanol–water partition coefficient (Wildman–Crippen LogP) is 6.61. The Morgan fingerprint density at radius 1 is 1.02 bits per heavy atom. The van der Waals surface area contributed by atoms with Gasteiger partial charge in [0.05, 0.1) is 18.2 Å². The van der Waals surface area contributed by atoms with E-state index in [4.69, 9.17) is 9.47 Å². The Morgan fingerprint density at radius 2 is 1.80 bits per heavy atom. The van der Waals surface area contributed by atoms with Gasteiger partial charge in [0.2, 0.25) is 5.88 Å². The smallest absolute Gasteiger partial charge is 0.213 e. The van der Waals surface area contributed by atoms with E-state index in [1.54, 1.807) is 30.5 Å². The Morgan fingerprint density at radius 3 is 2.51 bits per heavy atom. The SMILES string of the molecule is COc1ccc2nccc(Oc3ccc(CC(=O)c4cn(C5CC5)c(C)c(-c5ccc(F)cc5)c4=O)cc3F)c2n1. The predicted molar refractivity (Wildman–Crippen MR) is 150 cm³/mol. The number of carbonyl (C=O) groups is 1. The van der Waals surface area contributed by atoms with Crippen molar-refractivity contribution in [3.63, 3.8) is 0 Å². The van der Waals surface area contributed by atoms with Crippen LogP contribution in [0.4, 0.5) is 8.78 Å². The van der Waals surface area contributed by atoms with Crippen LogP contribution in [0.25, 0.3) is 22.2 Å². The fraction of sp³-hybridized carbons (Fsp3) is 0.188. The van der Waals surface area contributed by atoms with Crippen LogP contribution in [0.2, 0.25) is 0 Å². The second-order valence-corrected chi connectivity index (χ2v) is 9.97. The highest BCUT2D eigenvalue weighted by atomic mass is 19.1. The number of pyridine rings is 3. The monoisotopic (exact) mass is 553 g/mol. The van der Waals surface area contributed by atoms with Crippen LogP contribution < -0.4 is 14.9 Å². The average molecular weight is 554 g/mol. The molecular weight excluding hydrogens is 528 g/mol. The Bertz CT molecular complexity index is 1860. The van der Waals surface area contributed by atoms with Crippen molar-refractivity contribution in [1.29, 1.82) is 0 Å². The van der Waals surface area contributed by atoms with Gasteiger partial charge >= 0.3 is 0 Å². The van der Waals surface area contributed by atoms with Crippen molar-refractivity contribution in [1.82, 2.24) is 14.5 Å². The lowest BCUT2D eigenvalue weighted by atomic mass is 9.97. The molecule has 0 bridgehead atoms. The summed E-state index contributed by atoms with van der Waals surface area (Å²) in [5.74, 6) is -0.909. The summed E-state index contributed by atoms with van der Waals surface area (Å²) >= 11 is 0. The van der Waals surface area contributed by atoms with Crippen LogP contribution in [0.3, 0.4) is 0 Å². The van der Waals surface area contributed by atoms with Gasteiger partial charge < -0.3 is 14.0 Å². The molecule has 5 aromatic rings. The molecule has 0 unspecified atom stereocenters. The van der Waals surface area contributed by atoms with Gasteiger partial charge in [-0.25, -0.2) is 13.8 Å². The first-order chi connectivity index (χ1) is 19.8. The van der Waals surface area contributed by atoms with Gasteiger partial charge in [-0.3, -0.25) is 14.6 Å². The number of nitrogens with zero attached hydrogens (tertiary/aromatic N) is 3. The van der Waals surface area contributed by atoms with E-state index >= 15 is 4.39 Å². The van der Waals surface area contributed by atoms with Gasteiger partial charge in [-0.1, -0.05) is 18.2 Å². The second-order valence-electron chi connectivity index (χ2n) is 9.97. The fourth-order valence-corrected chi connectivity index (χ4v) is 4.93. The van der Waals surface area contributed by atoms with Crippen molar-refractivity contribution in [3.05, 3.63) is 112 Å². The zero-order chi connectivity index (χ0) is 28.7. The molecule has 6 rings (SSSR count). The summed E-state index contributed by atoms with van der Waals surface area (Å²) < 4.78 is 41.7. The van der Waals surface area contributed by atoms with E-state index < -0.39 is 22.8 Å². The number of rotatable bonds is 8. The topological polar surface area (TPSA) is 83.3 Å². The molecule has 41 heavy (non-hydrogen) atoms. The first-order valence-electron chi connectivity index (χ1n) is 13.1. The first kappa shape index (κ1) is 26.3. The second kappa shape index (κ2) is 10.6. The summed E-state index contributed by atoms with van der Waals surface area (Å²) in [6.45, 7) is 1.83. The van der Waals surface area contributed by atoms with E-state index in [9.17, 15) is 14.0 Å². The number of methoxy groups -OCH3 is 1. The number of hydrogen-bond donors (Lipinski definition) is 0. The van der Waals surface area contributed by atoms with Gasteiger partial charge in [0.15, 0.2) is 28.5 Å². The van der Waals surface area contributed by atoms with E-state index in [0.717, 1.165) is 18.5 Å². The third-order valence-electron chi connectivity index (χ3n) is 7.17. The van der Waals surface area contributed by atoms with E-state index in [1.807, 2.05) is 11.5 Å². The van der Waals surface area contributed by atoms with Crippen molar-refractivity contribution < 1.29 is 23.0 Å². The first-order valence-corrected chi connectivity index (χ1v) is 13.1. The van der Waals surface area contributed by atoms with E-state index in [0.29, 0.717) is 39.4 Å². The number of halogens is 2. The number of fused-ring (bicyclic) bond motifs is 1. The van der Waals surface area contributed by atoms with Crippen LogP contribution in [0.1, 0.15) is 40.5 Å². The molecule has 0 spiro atoms. The Balaban J connectivity index is 1.29. The van der Waals surface area contributed by atoms with Crippen LogP contribution in [0.5, 0.6) is 17.4 Å². The van der Waals surface area contributed by atoms with Crippen LogP contribution in [-0.2, 0) is 6.42 Å².